The molecule has 1 aliphatic rings. The Hall–Kier alpha value is -1.32. The normalized spacial score (nSPS) is 20.7. The lowest BCUT2D eigenvalue weighted by atomic mass is 10.0. The minimum atomic E-state index is 0.835. The molecule has 0 bridgehead atoms. The average Bonchev–Trinajstić information content (AvgIpc) is 2.56. The van der Waals surface area contributed by atoms with Crippen molar-refractivity contribution in [3.8, 4) is 0 Å². The van der Waals surface area contributed by atoms with E-state index in [0.29, 0.717) is 0 Å². The summed E-state index contributed by atoms with van der Waals surface area (Å²) >= 11 is 0. The standard InChI is InChI=1S/C14H24N4/c1-10-6-5-8-18(9-7-10)14-11(2)13(15-4)16-12(3)17-14/h10H,5-9H2,1-4H3,(H,15,16,17). The number of nitrogens with one attached hydrogen (secondary N) is 1. The van der Waals surface area contributed by atoms with Crippen molar-refractivity contribution in [2.45, 2.75) is 40.0 Å². The van der Waals surface area contributed by atoms with Gasteiger partial charge >= 0.3 is 0 Å². The highest BCUT2D eigenvalue weighted by molar-refractivity contribution is 5.58. The number of anilines is 2. The molecule has 1 atom stereocenters. The number of aromatic nitrogens is 2. The second-order valence-corrected chi connectivity index (χ2v) is 5.34. The van der Waals surface area contributed by atoms with E-state index in [2.05, 4.69) is 34.0 Å². The zero-order valence-electron chi connectivity index (χ0n) is 12.0. The average molecular weight is 248 g/mol. The molecule has 1 fully saturated rings. The first kappa shape index (κ1) is 13.1. The quantitative estimate of drug-likeness (QED) is 0.873. The smallest absolute Gasteiger partial charge is 0.137 e. The highest BCUT2D eigenvalue weighted by Crippen LogP contribution is 2.26. The van der Waals surface area contributed by atoms with Crippen LogP contribution in [-0.4, -0.2) is 30.1 Å². The van der Waals surface area contributed by atoms with Gasteiger partial charge in [0.1, 0.15) is 17.5 Å². The van der Waals surface area contributed by atoms with Gasteiger partial charge in [-0.15, -0.1) is 0 Å². The molecule has 0 spiro atoms. The van der Waals surface area contributed by atoms with Crippen LogP contribution in [0.3, 0.4) is 0 Å². The van der Waals surface area contributed by atoms with Crippen molar-refractivity contribution in [1.29, 1.82) is 0 Å². The summed E-state index contributed by atoms with van der Waals surface area (Å²) in [5, 5.41) is 3.16. The van der Waals surface area contributed by atoms with Crippen LogP contribution in [0.1, 0.15) is 37.6 Å². The topological polar surface area (TPSA) is 41.1 Å². The van der Waals surface area contributed by atoms with Gasteiger partial charge in [-0.3, -0.25) is 0 Å². The molecule has 0 amide bonds. The number of hydrogen-bond acceptors (Lipinski definition) is 4. The number of aryl methyl sites for hydroxylation is 1. The summed E-state index contributed by atoms with van der Waals surface area (Å²) in [5.41, 5.74) is 1.16. The van der Waals surface area contributed by atoms with Crippen LogP contribution >= 0.6 is 0 Å². The molecule has 18 heavy (non-hydrogen) atoms. The zero-order valence-corrected chi connectivity index (χ0v) is 12.0. The van der Waals surface area contributed by atoms with Gasteiger partial charge in [0.2, 0.25) is 0 Å². The van der Waals surface area contributed by atoms with E-state index in [1.54, 1.807) is 0 Å². The summed E-state index contributed by atoms with van der Waals surface area (Å²) < 4.78 is 0. The van der Waals surface area contributed by atoms with E-state index in [1.165, 1.54) is 19.3 Å². The predicted molar refractivity (Wildman–Crippen MR) is 76.3 cm³/mol. The lowest BCUT2D eigenvalue weighted by Crippen LogP contribution is -2.27. The Morgan fingerprint density at radius 2 is 1.94 bits per heavy atom. The maximum absolute atomic E-state index is 4.65. The maximum atomic E-state index is 4.65. The van der Waals surface area contributed by atoms with Gasteiger partial charge in [0.15, 0.2) is 0 Å². The summed E-state index contributed by atoms with van der Waals surface area (Å²) in [6, 6.07) is 0. The summed E-state index contributed by atoms with van der Waals surface area (Å²) in [5.74, 6) is 3.75. The van der Waals surface area contributed by atoms with Crippen LogP contribution in [0.15, 0.2) is 0 Å². The molecule has 1 aromatic heterocycles. The number of nitrogens with zero attached hydrogens (tertiary/aromatic N) is 3. The van der Waals surface area contributed by atoms with Crippen molar-refractivity contribution in [1.82, 2.24) is 9.97 Å². The molecule has 0 saturated carbocycles. The molecule has 2 rings (SSSR count). The van der Waals surface area contributed by atoms with Gasteiger partial charge in [-0.25, -0.2) is 9.97 Å². The molecule has 1 unspecified atom stereocenters. The summed E-state index contributed by atoms with van der Waals surface area (Å²) in [6.45, 7) is 8.65. The molecule has 4 nitrogen and oxygen atoms in total. The van der Waals surface area contributed by atoms with Crippen LogP contribution in [0.25, 0.3) is 0 Å². The van der Waals surface area contributed by atoms with Gasteiger partial charge in [-0.05, 0) is 39.0 Å². The van der Waals surface area contributed by atoms with E-state index in [-0.39, 0.29) is 0 Å². The first-order chi connectivity index (χ1) is 8.61. The minimum absolute atomic E-state index is 0.835. The Kier molecular flexibility index (Phi) is 4.04. The van der Waals surface area contributed by atoms with Crippen LogP contribution in [0, 0.1) is 19.8 Å². The molecule has 1 N–H and O–H groups in total. The van der Waals surface area contributed by atoms with E-state index in [1.807, 2.05) is 14.0 Å². The maximum Gasteiger partial charge on any atom is 0.137 e. The fourth-order valence-corrected chi connectivity index (χ4v) is 2.64. The molecule has 4 heteroatoms. The van der Waals surface area contributed by atoms with E-state index in [4.69, 9.17) is 0 Å². The molecule has 1 aliphatic heterocycles. The minimum Gasteiger partial charge on any atom is -0.373 e. The third kappa shape index (κ3) is 2.74. The van der Waals surface area contributed by atoms with Crippen LogP contribution in [-0.2, 0) is 0 Å². The van der Waals surface area contributed by atoms with Gasteiger partial charge in [-0.2, -0.15) is 0 Å². The predicted octanol–water partition coefficient (Wildman–Crippen LogP) is 2.76. The van der Waals surface area contributed by atoms with E-state index < -0.39 is 0 Å². The largest absolute Gasteiger partial charge is 0.373 e. The summed E-state index contributed by atoms with van der Waals surface area (Å²) in [4.78, 5) is 11.5. The van der Waals surface area contributed by atoms with Crippen molar-refractivity contribution in [3.63, 3.8) is 0 Å². The van der Waals surface area contributed by atoms with Gasteiger partial charge in [-0.1, -0.05) is 6.92 Å². The Labute approximate surface area is 110 Å². The summed E-state index contributed by atoms with van der Waals surface area (Å²) in [6.07, 6.45) is 3.86. The van der Waals surface area contributed by atoms with Crippen molar-refractivity contribution in [3.05, 3.63) is 11.4 Å². The molecule has 2 heterocycles. The molecular formula is C14H24N4. The second kappa shape index (κ2) is 5.55. The highest BCUT2D eigenvalue weighted by Gasteiger charge is 2.18. The molecule has 1 aromatic rings. The summed E-state index contributed by atoms with van der Waals surface area (Å²) in [7, 11) is 1.92. The molecule has 0 aliphatic carbocycles. The van der Waals surface area contributed by atoms with Crippen LogP contribution in [0.2, 0.25) is 0 Å². The highest BCUT2D eigenvalue weighted by atomic mass is 15.2. The zero-order chi connectivity index (χ0) is 13.1. The molecule has 100 valence electrons. The van der Waals surface area contributed by atoms with Crippen LogP contribution in [0.5, 0.6) is 0 Å². The SMILES string of the molecule is CNc1nc(C)nc(N2CCCC(C)CC2)c1C. The number of hydrogen-bond donors (Lipinski definition) is 1. The first-order valence-corrected chi connectivity index (χ1v) is 6.89. The van der Waals surface area contributed by atoms with Crippen molar-refractivity contribution in [2.75, 3.05) is 30.4 Å². The fraction of sp³-hybridized carbons (Fsp3) is 0.714. The second-order valence-electron chi connectivity index (χ2n) is 5.34. The lowest BCUT2D eigenvalue weighted by molar-refractivity contribution is 0.521. The molecule has 0 radical (unpaired) electrons. The van der Waals surface area contributed by atoms with Gasteiger partial charge < -0.3 is 10.2 Å². The van der Waals surface area contributed by atoms with Gasteiger partial charge in [0.25, 0.3) is 0 Å². The Bertz CT molecular complexity index is 417. The molecule has 0 aromatic carbocycles. The fourth-order valence-electron chi connectivity index (χ4n) is 2.64. The van der Waals surface area contributed by atoms with E-state index in [9.17, 15) is 0 Å². The van der Waals surface area contributed by atoms with Gasteiger partial charge in [0, 0.05) is 25.7 Å². The lowest BCUT2D eigenvalue weighted by Gasteiger charge is -2.24. The third-order valence-electron chi connectivity index (χ3n) is 3.79. The Morgan fingerprint density at radius 1 is 1.17 bits per heavy atom. The van der Waals surface area contributed by atoms with Crippen molar-refractivity contribution in [2.24, 2.45) is 5.92 Å². The Balaban J connectivity index is 2.29. The van der Waals surface area contributed by atoms with E-state index >= 15 is 0 Å². The molecular weight excluding hydrogens is 224 g/mol. The first-order valence-electron chi connectivity index (χ1n) is 6.89. The molecule has 1 saturated heterocycles. The van der Waals surface area contributed by atoms with Crippen LogP contribution < -0.4 is 10.2 Å². The third-order valence-corrected chi connectivity index (χ3v) is 3.79. The number of rotatable bonds is 2. The van der Waals surface area contributed by atoms with Gasteiger partial charge in [0.05, 0.1) is 0 Å². The van der Waals surface area contributed by atoms with Crippen molar-refractivity contribution >= 4 is 11.6 Å². The van der Waals surface area contributed by atoms with E-state index in [0.717, 1.165) is 42.0 Å². The monoisotopic (exact) mass is 248 g/mol. The van der Waals surface area contributed by atoms with Crippen molar-refractivity contribution < 1.29 is 0 Å². The Morgan fingerprint density at radius 3 is 2.67 bits per heavy atom. The van der Waals surface area contributed by atoms with Crippen LogP contribution in [0.4, 0.5) is 11.6 Å².